The van der Waals surface area contributed by atoms with Crippen LogP contribution in [-0.4, -0.2) is 36.4 Å². The molecule has 1 N–H and O–H groups in total. The Morgan fingerprint density at radius 2 is 2.08 bits per heavy atom. The zero-order valence-electron chi connectivity index (χ0n) is 7.98. The van der Waals surface area contributed by atoms with Crippen LogP contribution in [0.1, 0.15) is 6.92 Å². The van der Waals surface area contributed by atoms with E-state index >= 15 is 0 Å². The first-order chi connectivity index (χ1) is 5.13. The van der Waals surface area contributed by atoms with E-state index < -0.39 is 5.97 Å². The molecule has 0 aliphatic carbocycles. The van der Waals surface area contributed by atoms with Gasteiger partial charge in [0.1, 0.15) is 0 Å². The van der Waals surface area contributed by atoms with Gasteiger partial charge in [-0.3, -0.25) is 11.4 Å². The van der Waals surface area contributed by atoms with Crippen molar-refractivity contribution in [3.8, 4) is 0 Å². The van der Waals surface area contributed by atoms with Gasteiger partial charge in [0.25, 0.3) is 0 Å². The predicted molar refractivity (Wildman–Crippen MR) is 40.2 cm³/mol. The summed E-state index contributed by atoms with van der Waals surface area (Å²) in [4.78, 5) is 21.8. The summed E-state index contributed by atoms with van der Waals surface area (Å²) in [5, 5.41) is 0. The number of likely N-dealkylation sites (N-methyl/N-ethyl adjacent to an activating group) is 1. The number of carbonyl (C=O) groups excluding carboxylic acids is 2. The number of nitrogens with zero attached hydrogens (tertiary/aromatic N) is 1. The Morgan fingerprint density at radius 3 is 2.38 bits per heavy atom. The van der Waals surface area contributed by atoms with Crippen LogP contribution in [0.2, 0.25) is 0 Å². The van der Waals surface area contributed by atoms with Crippen LogP contribution in [-0.2, 0) is 14.3 Å². The third kappa shape index (κ3) is 6.77. The van der Waals surface area contributed by atoms with Crippen molar-refractivity contribution in [2.75, 3.05) is 13.7 Å². The van der Waals surface area contributed by atoms with Gasteiger partial charge in [0.2, 0.25) is 6.41 Å². The molecule has 1 amide bonds. The summed E-state index contributed by atoms with van der Waals surface area (Å²) in [6.45, 7) is 7.10. The van der Waals surface area contributed by atoms with Crippen LogP contribution in [0.15, 0.2) is 5.70 Å². The molecule has 70 valence electrons. The molecule has 0 radical (unpaired) electrons. The van der Waals surface area contributed by atoms with Gasteiger partial charge in [-0.25, -0.2) is 0 Å². The van der Waals surface area contributed by atoms with Crippen LogP contribution in [0.5, 0.6) is 0 Å². The second kappa shape index (κ2) is 9.73. The van der Waals surface area contributed by atoms with Crippen LogP contribution >= 0.6 is 0 Å². The van der Waals surface area contributed by atoms with Crippen molar-refractivity contribution in [3.05, 3.63) is 12.3 Å². The minimum Gasteiger partial charge on any atom is -0.870 e. The normalized spacial score (nSPS) is 7.23. The minimum atomic E-state index is -0.679. The molecule has 6 heteroatoms. The van der Waals surface area contributed by atoms with Gasteiger partial charge in [0.15, 0.2) is 5.97 Å². The van der Waals surface area contributed by atoms with E-state index in [2.05, 4.69) is 4.74 Å². The van der Waals surface area contributed by atoms with Crippen molar-refractivity contribution < 1.29 is 49.4 Å². The fraction of sp³-hybridized carbons (Fsp3) is 0.429. The Balaban J connectivity index is -0.000000500. The molecule has 0 aromatic rings. The van der Waals surface area contributed by atoms with Crippen LogP contribution in [0.25, 0.3) is 0 Å². The first-order valence-corrected chi connectivity index (χ1v) is 3.11. The molecule has 0 fully saturated rings. The number of rotatable bonds is 4. The molecular weight excluding hydrogens is 185 g/mol. The maximum atomic E-state index is 10.8. The van der Waals surface area contributed by atoms with Crippen molar-refractivity contribution >= 4 is 12.4 Å². The summed E-state index contributed by atoms with van der Waals surface area (Å²) in [5.41, 5.74) is -0.207. The molecule has 0 unspecified atom stereocenters. The van der Waals surface area contributed by atoms with E-state index in [1.165, 1.54) is 7.05 Å². The van der Waals surface area contributed by atoms with Crippen LogP contribution < -0.4 is 29.6 Å². The van der Waals surface area contributed by atoms with E-state index in [-0.39, 0.29) is 47.3 Å². The summed E-state index contributed by atoms with van der Waals surface area (Å²) >= 11 is 0. The fourth-order valence-electron chi connectivity index (χ4n) is 0.406. The molecule has 0 aromatic carbocycles. The predicted octanol–water partition coefficient (Wildman–Crippen LogP) is -3.22. The monoisotopic (exact) mass is 196 g/mol. The second-order valence-corrected chi connectivity index (χ2v) is 1.82. The standard InChI is InChI=1S/C7H10NO3.Na.H2O/c1-4-11-7(10)6(2)8(3)5-9;;/h2,5H,4H2,1,3H3;;1H2/q-1;+1;/p-1. The van der Waals surface area contributed by atoms with Gasteiger partial charge in [-0.2, -0.15) is 0 Å². The van der Waals surface area contributed by atoms with Gasteiger partial charge in [0.05, 0.1) is 6.61 Å². The minimum absolute atomic E-state index is 0. The van der Waals surface area contributed by atoms with E-state index in [9.17, 15) is 9.59 Å². The Morgan fingerprint density at radius 1 is 1.62 bits per heavy atom. The summed E-state index contributed by atoms with van der Waals surface area (Å²) in [6, 6.07) is 0. The van der Waals surface area contributed by atoms with Crippen molar-refractivity contribution in [1.29, 1.82) is 0 Å². The van der Waals surface area contributed by atoms with E-state index in [1.807, 2.05) is 0 Å². The summed E-state index contributed by atoms with van der Waals surface area (Å²) in [6.07, 6.45) is 0.437. The molecule has 0 rings (SSSR count). The Labute approximate surface area is 99.3 Å². The first-order valence-electron chi connectivity index (χ1n) is 3.11. The van der Waals surface area contributed by atoms with E-state index in [0.717, 1.165) is 4.90 Å². The van der Waals surface area contributed by atoms with E-state index in [0.29, 0.717) is 6.41 Å². The van der Waals surface area contributed by atoms with Crippen molar-refractivity contribution in [2.45, 2.75) is 6.92 Å². The molecule has 5 nitrogen and oxygen atoms in total. The smallest absolute Gasteiger partial charge is 0.870 e. The Hall–Kier alpha value is -0.360. The number of ether oxygens (including phenoxy) is 1. The molecule has 0 aromatic heterocycles. The van der Waals surface area contributed by atoms with Crippen LogP contribution in [0.4, 0.5) is 0 Å². The largest absolute Gasteiger partial charge is 1.00 e. The zero-order valence-corrected chi connectivity index (χ0v) is 9.98. The fourth-order valence-corrected chi connectivity index (χ4v) is 0.406. The van der Waals surface area contributed by atoms with E-state index in [1.54, 1.807) is 6.92 Å². The second-order valence-electron chi connectivity index (χ2n) is 1.82. The zero-order chi connectivity index (χ0) is 8.85. The number of hydrogen-bond donors (Lipinski definition) is 0. The summed E-state index contributed by atoms with van der Waals surface area (Å²) in [5.74, 6) is -0.679. The molecule has 0 aliphatic heterocycles. The van der Waals surface area contributed by atoms with Crippen molar-refractivity contribution in [1.82, 2.24) is 4.90 Å². The van der Waals surface area contributed by atoms with Gasteiger partial charge in [-0.05, 0) is 6.92 Å². The molecule has 0 spiro atoms. The third-order valence-electron chi connectivity index (χ3n) is 1.02. The Kier molecular flexibility index (Phi) is 13.8. The number of carbonyl (C=O) groups is 2. The van der Waals surface area contributed by atoms with E-state index in [4.69, 9.17) is 6.58 Å². The summed E-state index contributed by atoms with van der Waals surface area (Å²) in [7, 11) is 1.37. The average Bonchev–Trinajstić information content (AvgIpc) is 2.02. The molecule has 0 saturated heterocycles. The van der Waals surface area contributed by atoms with Crippen molar-refractivity contribution in [3.63, 3.8) is 0 Å². The molecule has 0 saturated carbocycles. The van der Waals surface area contributed by atoms with Gasteiger partial charge >= 0.3 is 29.6 Å². The quantitative estimate of drug-likeness (QED) is 0.156. The van der Waals surface area contributed by atoms with Crippen LogP contribution in [0, 0.1) is 6.58 Å². The molecule has 0 heterocycles. The molecule has 13 heavy (non-hydrogen) atoms. The molecule has 0 aliphatic rings. The molecule has 0 bridgehead atoms. The van der Waals surface area contributed by atoms with Gasteiger partial charge < -0.3 is 19.9 Å². The van der Waals surface area contributed by atoms with Gasteiger partial charge in [-0.1, -0.05) is 5.70 Å². The van der Waals surface area contributed by atoms with Gasteiger partial charge in [-0.15, -0.1) is 0 Å². The molecular formula is C7H11NNaO4-. The first kappa shape index (κ1) is 18.4. The maximum absolute atomic E-state index is 10.8. The summed E-state index contributed by atoms with van der Waals surface area (Å²) < 4.78 is 4.53. The number of hydrogen-bond acceptors (Lipinski definition) is 4. The average molecular weight is 196 g/mol. The SMILES string of the molecule is [CH-]=C(C(=O)OCC)N(C)C=O.[Na+].[OH-]. The Bertz CT molecular complexity index is 183. The van der Waals surface area contributed by atoms with Gasteiger partial charge in [0, 0.05) is 7.05 Å². The van der Waals surface area contributed by atoms with Crippen molar-refractivity contribution in [2.24, 2.45) is 0 Å². The third-order valence-corrected chi connectivity index (χ3v) is 1.02. The van der Waals surface area contributed by atoms with Crippen LogP contribution in [0.3, 0.4) is 0 Å². The maximum Gasteiger partial charge on any atom is 1.00 e. The molecule has 0 atom stereocenters. The number of amides is 1. The topological polar surface area (TPSA) is 76.6 Å². The number of esters is 1.